The lowest BCUT2D eigenvalue weighted by molar-refractivity contribution is 0.332. The lowest BCUT2D eigenvalue weighted by Gasteiger charge is -2.37. The van der Waals surface area contributed by atoms with E-state index in [2.05, 4.69) is 4.98 Å². The third-order valence-corrected chi connectivity index (χ3v) is 7.03. The molecule has 6 nitrogen and oxygen atoms in total. The van der Waals surface area contributed by atoms with Crippen LogP contribution in [0.3, 0.4) is 0 Å². The van der Waals surface area contributed by atoms with E-state index in [0.717, 1.165) is 16.7 Å². The largest absolute Gasteiger partial charge is 0.493 e. The molecule has 0 aliphatic carbocycles. The van der Waals surface area contributed by atoms with Gasteiger partial charge in [-0.15, -0.1) is 0 Å². The molecule has 1 aromatic heterocycles. The van der Waals surface area contributed by atoms with Gasteiger partial charge >= 0.3 is 0 Å². The molecule has 1 atom stereocenters. The van der Waals surface area contributed by atoms with Crippen molar-refractivity contribution in [2.75, 3.05) is 20.8 Å². The standard InChI is InChI=1S/C22H22N2O4S/c1-27-20-13-17-10-12-24(29(25,26)18-9-6-11-23-15-18)22(16-7-4-3-5-8-16)19(17)14-21(20)28-2/h3-9,11,13-15,22H,10,12H2,1-2H3. The van der Waals surface area contributed by atoms with E-state index in [9.17, 15) is 8.42 Å². The molecule has 0 N–H and O–H groups in total. The second kappa shape index (κ2) is 7.85. The van der Waals surface area contributed by atoms with E-state index in [1.807, 2.05) is 42.5 Å². The van der Waals surface area contributed by atoms with Crippen molar-refractivity contribution in [1.29, 1.82) is 0 Å². The Morgan fingerprint density at radius 2 is 1.72 bits per heavy atom. The molecule has 29 heavy (non-hydrogen) atoms. The summed E-state index contributed by atoms with van der Waals surface area (Å²) in [7, 11) is -0.562. The quantitative estimate of drug-likeness (QED) is 0.645. The highest BCUT2D eigenvalue weighted by atomic mass is 32.2. The van der Waals surface area contributed by atoms with Crippen molar-refractivity contribution < 1.29 is 17.9 Å². The number of ether oxygens (including phenoxy) is 2. The number of sulfonamides is 1. The molecule has 0 amide bonds. The first-order chi connectivity index (χ1) is 14.1. The third kappa shape index (κ3) is 3.47. The highest BCUT2D eigenvalue weighted by Gasteiger charge is 2.38. The zero-order valence-electron chi connectivity index (χ0n) is 16.3. The van der Waals surface area contributed by atoms with Gasteiger partial charge in [0, 0.05) is 18.9 Å². The predicted octanol–water partition coefficient (Wildman–Crippen LogP) is 3.44. The Labute approximate surface area is 170 Å². The second-order valence-electron chi connectivity index (χ2n) is 6.77. The minimum atomic E-state index is -3.74. The maximum absolute atomic E-state index is 13.5. The Morgan fingerprint density at radius 3 is 2.38 bits per heavy atom. The average molecular weight is 410 g/mol. The van der Waals surface area contributed by atoms with E-state index < -0.39 is 16.1 Å². The highest BCUT2D eigenvalue weighted by molar-refractivity contribution is 7.89. The van der Waals surface area contributed by atoms with Crippen LogP contribution in [0, 0.1) is 0 Å². The normalized spacial score (nSPS) is 16.8. The van der Waals surface area contributed by atoms with Gasteiger partial charge in [0.25, 0.3) is 0 Å². The van der Waals surface area contributed by atoms with Crippen molar-refractivity contribution in [3.05, 3.63) is 83.7 Å². The predicted molar refractivity (Wildman–Crippen MR) is 110 cm³/mol. The molecule has 4 rings (SSSR count). The zero-order valence-corrected chi connectivity index (χ0v) is 17.1. The number of aromatic nitrogens is 1. The smallest absolute Gasteiger partial charge is 0.245 e. The molecule has 2 heterocycles. The van der Waals surface area contributed by atoms with E-state index in [-0.39, 0.29) is 4.90 Å². The number of pyridine rings is 1. The summed E-state index contributed by atoms with van der Waals surface area (Å²) in [5.74, 6) is 1.22. The number of benzene rings is 2. The summed E-state index contributed by atoms with van der Waals surface area (Å²) in [5.41, 5.74) is 2.84. The molecule has 7 heteroatoms. The van der Waals surface area contributed by atoms with Crippen LogP contribution in [0.15, 0.2) is 71.9 Å². The highest BCUT2D eigenvalue weighted by Crippen LogP contribution is 2.42. The minimum Gasteiger partial charge on any atom is -0.493 e. The molecule has 0 fully saturated rings. The fourth-order valence-electron chi connectivity index (χ4n) is 3.80. The summed E-state index contributed by atoms with van der Waals surface area (Å²) in [6, 6.07) is 16.2. The number of fused-ring (bicyclic) bond motifs is 1. The third-order valence-electron chi connectivity index (χ3n) is 5.19. The van der Waals surface area contributed by atoms with Gasteiger partial charge in [-0.3, -0.25) is 4.98 Å². The minimum absolute atomic E-state index is 0.185. The van der Waals surface area contributed by atoms with E-state index in [1.165, 1.54) is 6.20 Å². The molecule has 0 saturated heterocycles. The molecule has 0 spiro atoms. The van der Waals surface area contributed by atoms with Gasteiger partial charge in [-0.1, -0.05) is 30.3 Å². The van der Waals surface area contributed by atoms with Crippen LogP contribution < -0.4 is 9.47 Å². The Bertz CT molecular complexity index is 1100. The fourth-order valence-corrected chi connectivity index (χ4v) is 5.36. The van der Waals surface area contributed by atoms with Crippen LogP contribution in [0.4, 0.5) is 0 Å². The van der Waals surface area contributed by atoms with Crippen molar-refractivity contribution in [3.63, 3.8) is 0 Å². The van der Waals surface area contributed by atoms with Crippen LogP contribution in [0.5, 0.6) is 11.5 Å². The Kier molecular flexibility index (Phi) is 5.25. The van der Waals surface area contributed by atoms with Gasteiger partial charge in [0.2, 0.25) is 10.0 Å². The van der Waals surface area contributed by atoms with Crippen LogP contribution in [0.1, 0.15) is 22.7 Å². The average Bonchev–Trinajstić information content (AvgIpc) is 2.78. The van der Waals surface area contributed by atoms with Gasteiger partial charge in [0.15, 0.2) is 11.5 Å². The van der Waals surface area contributed by atoms with Crippen molar-refractivity contribution in [3.8, 4) is 11.5 Å². The molecule has 150 valence electrons. The van der Waals surface area contributed by atoms with Gasteiger partial charge in [0.1, 0.15) is 4.90 Å². The van der Waals surface area contributed by atoms with Crippen LogP contribution in [-0.4, -0.2) is 38.5 Å². The molecule has 0 radical (unpaired) electrons. The van der Waals surface area contributed by atoms with Crippen molar-refractivity contribution in [1.82, 2.24) is 9.29 Å². The van der Waals surface area contributed by atoms with Crippen molar-refractivity contribution in [2.45, 2.75) is 17.4 Å². The van der Waals surface area contributed by atoms with Gasteiger partial charge in [-0.2, -0.15) is 4.31 Å². The molecular weight excluding hydrogens is 388 g/mol. The number of hydrogen-bond donors (Lipinski definition) is 0. The Morgan fingerprint density at radius 1 is 1.00 bits per heavy atom. The van der Waals surface area contributed by atoms with Crippen LogP contribution in [-0.2, 0) is 16.4 Å². The van der Waals surface area contributed by atoms with Crippen molar-refractivity contribution in [2.24, 2.45) is 0 Å². The molecule has 1 aliphatic rings. The molecule has 0 bridgehead atoms. The Hall–Kier alpha value is -2.90. The molecular formula is C22H22N2O4S. The van der Waals surface area contributed by atoms with Gasteiger partial charge in [-0.05, 0) is 47.4 Å². The summed E-state index contributed by atoms with van der Waals surface area (Å²) in [5, 5.41) is 0. The zero-order chi connectivity index (χ0) is 20.4. The fraction of sp³-hybridized carbons (Fsp3) is 0.227. The lowest BCUT2D eigenvalue weighted by Crippen LogP contribution is -2.40. The first kappa shape index (κ1) is 19.4. The Balaban J connectivity index is 1.90. The van der Waals surface area contributed by atoms with Crippen LogP contribution in [0.25, 0.3) is 0 Å². The number of hydrogen-bond acceptors (Lipinski definition) is 5. The molecule has 0 saturated carbocycles. The SMILES string of the molecule is COc1cc2c(cc1OC)C(c1ccccc1)N(S(=O)(=O)c1cccnc1)CC2. The van der Waals surface area contributed by atoms with E-state index >= 15 is 0 Å². The molecule has 2 aromatic carbocycles. The van der Waals surface area contributed by atoms with E-state index in [0.29, 0.717) is 24.5 Å². The summed E-state index contributed by atoms with van der Waals surface area (Å²) in [4.78, 5) is 4.18. The molecule has 1 unspecified atom stereocenters. The maximum atomic E-state index is 13.5. The maximum Gasteiger partial charge on any atom is 0.245 e. The van der Waals surface area contributed by atoms with Gasteiger partial charge in [-0.25, -0.2) is 8.42 Å². The monoisotopic (exact) mass is 410 g/mol. The van der Waals surface area contributed by atoms with E-state index in [1.54, 1.807) is 36.9 Å². The van der Waals surface area contributed by atoms with Gasteiger partial charge < -0.3 is 9.47 Å². The second-order valence-corrected chi connectivity index (χ2v) is 8.66. The number of methoxy groups -OCH3 is 2. The van der Waals surface area contributed by atoms with Crippen LogP contribution >= 0.6 is 0 Å². The summed E-state index contributed by atoms with van der Waals surface area (Å²) in [6.07, 6.45) is 3.54. The first-order valence-electron chi connectivity index (χ1n) is 9.28. The van der Waals surface area contributed by atoms with Crippen molar-refractivity contribution >= 4 is 10.0 Å². The van der Waals surface area contributed by atoms with Crippen LogP contribution in [0.2, 0.25) is 0 Å². The van der Waals surface area contributed by atoms with E-state index in [4.69, 9.17) is 9.47 Å². The molecule has 3 aromatic rings. The number of nitrogens with zero attached hydrogens (tertiary/aromatic N) is 2. The summed E-state index contributed by atoms with van der Waals surface area (Å²) in [6.45, 7) is 0.360. The summed E-state index contributed by atoms with van der Waals surface area (Å²) < 4.78 is 39.5. The van der Waals surface area contributed by atoms with Gasteiger partial charge in [0.05, 0.1) is 20.3 Å². The first-order valence-corrected chi connectivity index (χ1v) is 10.7. The number of rotatable bonds is 5. The lowest BCUT2D eigenvalue weighted by atomic mass is 9.89. The summed E-state index contributed by atoms with van der Waals surface area (Å²) >= 11 is 0. The topological polar surface area (TPSA) is 68.7 Å². The molecule has 1 aliphatic heterocycles.